The minimum Gasteiger partial charge on any atom is -0.469 e. The number of carbonyl (C=O) groups is 2. The number of rotatable bonds is 7. The molecule has 0 saturated heterocycles. The van der Waals surface area contributed by atoms with Crippen LogP contribution in [0.3, 0.4) is 0 Å². The Bertz CT molecular complexity index is 525. The Kier molecular flexibility index (Phi) is 7.00. The molecule has 0 amide bonds. The molecule has 2 atom stereocenters. The average molecular weight is 337 g/mol. The summed E-state index contributed by atoms with van der Waals surface area (Å²) in [6.07, 6.45) is 0.0648. The van der Waals surface area contributed by atoms with Gasteiger partial charge in [-0.3, -0.25) is 9.59 Å². The Morgan fingerprint density at radius 3 is 2.04 bits per heavy atom. The monoisotopic (exact) mass is 336 g/mol. The summed E-state index contributed by atoms with van der Waals surface area (Å²) < 4.78 is 9.79. The smallest absolute Gasteiger partial charge is 0.309 e. The number of ether oxygens (including phenoxy) is 2. The molecule has 1 rings (SSSR count). The van der Waals surface area contributed by atoms with Crippen molar-refractivity contribution >= 4 is 25.2 Å². The highest BCUT2D eigenvalue weighted by Gasteiger charge is 2.44. The first-order valence-electron chi connectivity index (χ1n) is 7.95. The lowest BCUT2D eigenvalue weighted by Gasteiger charge is -2.39. The number of benzene rings is 1. The van der Waals surface area contributed by atoms with Gasteiger partial charge in [0.1, 0.15) is 0 Å². The predicted molar refractivity (Wildman–Crippen MR) is 94.3 cm³/mol. The quantitative estimate of drug-likeness (QED) is 0.567. The van der Waals surface area contributed by atoms with Gasteiger partial charge in [0.05, 0.1) is 34.6 Å². The van der Waals surface area contributed by atoms with Gasteiger partial charge in [-0.05, 0) is 11.5 Å². The maximum Gasteiger partial charge on any atom is 0.309 e. The summed E-state index contributed by atoms with van der Waals surface area (Å²) in [5.41, 5.74) is 0.0800. The fourth-order valence-electron chi connectivity index (χ4n) is 3.63. The number of hydrogen-bond donors (Lipinski definition) is 0. The van der Waals surface area contributed by atoms with E-state index in [9.17, 15) is 9.59 Å². The third-order valence-corrected chi connectivity index (χ3v) is 9.18. The highest BCUT2D eigenvalue weighted by molar-refractivity contribution is 6.91. The summed E-state index contributed by atoms with van der Waals surface area (Å²) in [5.74, 6) is -0.922. The average Bonchev–Trinajstić information content (AvgIpc) is 2.53. The van der Waals surface area contributed by atoms with Crippen molar-refractivity contribution in [1.82, 2.24) is 0 Å². The summed E-state index contributed by atoms with van der Waals surface area (Å²) >= 11 is 0. The van der Waals surface area contributed by atoms with E-state index in [0.717, 1.165) is 0 Å². The van der Waals surface area contributed by atoms with Crippen LogP contribution in [0.4, 0.5) is 0 Å². The maximum atomic E-state index is 12.4. The zero-order valence-electron chi connectivity index (χ0n) is 15.0. The second kappa shape index (κ2) is 8.29. The van der Waals surface area contributed by atoms with Gasteiger partial charge in [-0.1, -0.05) is 62.5 Å². The molecular weight excluding hydrogens is 308 g/mol. The van der Waals surface area contributed by atoms with E-state index in [1.54, 1.807) is 0 Å². The Morgan fingerprint density at radius 1 is 1.04 bits per heavy atom. The van der Waals surface area contributed by atoms with Gasteiger partial charge in [0.15, 0.2) is 0 Å². The molecule has 0 bridgehead atoms. The molecule has 0 fully saturated rings. The largest absolute Gasteiger partial charge is 0.469 e. The third-order valence-electron chi connectivity index (χ3n) is 4.62. The fourth-order valence-corrected chi connectivity index (χ4v) is 8.00. The van der Waals surface area contributed by atoms with E-state index >= 15 is 0 Å². The lowest BCUT2D eigenvalue weighted by atomic mass is 9.93. The van der Waals surface area contributed by atoms with E-state index in [0.29, 0.717) is 0 Å². The van der Waals surface area contributed by atoms with Crippen LogP contribution in [0.15, 0.2) is 30.3 Å². The summed E-state index contributed by atoms with van der Waals surface area (Å²) in [4.78, 5) is 24.2. The number of hydrogen-bond acceptors (Lipinski definition) is 4. The van der Waals surface area contributed by atoms with Crippen molar-refractivity contribution in [2.75, 3.05) is 14.2 Å². The maximum absolute atomic E-state index is 12.4. The number of carbonyl (C=O) groups excluding carboxylic acids is 2. The lowest BCUT2D eigenvalue weighted by Crippen LogP contribution is -2.52. The molecule has 1 aromatic rings. The zero-order chi connectivity index (χ0) is 17.6. The molecule has 0 aliphatic carbocycles. The van der Waals surface area contributed by atoms with Gasteiger partial charge in [0.2, 0.25) is 0 Å². The van der Waals surface area contributed by atoms with E-state index < -0.39 is 14.0 Å². The molecular formula is C18H28O4Si. The van der Waals surface area contributed by atoms with Crippen LogP contribution in [0.5, 0.6) is 0 Å². The van der Waals surface area contributed by atoms with Crippen LogP contribution >= 0.6 is 0 Å². The Morgan fingerprint density at radius 2 is 1.61 bits per heavy atom. The Labute approximate surface area is 140 Å². The van der Waals surface area contributed by atoms with Gasteiger partial charge in [-0.25, -0.2) is 0 Å². The lowest BCUT2D eigenvalue weighted by molar-refractivity contribution is -0.152. The van der Waals surface area contributed by atoms with Crippen molar-refractivity contribution < 1.29 is 19.1 Å². The molecule has 23 heavy (non-hydrogen) atoms. The van der Waals surface area contributed by atoms with Gasteiger partial charge in [0, 0.05) is 0 Å². The van der Waals surface area contributed by atoms with Crippen LogP contribution in [-0.4, -0.2) is 34.2 Å². The zero-order valence-corrected chi connectivity index (χ0v) is 16.0. The minimum absolute atomic E-state index is 0.0648. The first-order valence-corrected chi connectivity index (χ1v) is 11.0. The molecule has 0 saturated carbocycles. The number of esters is 2. The van der Waals surface area contributed by atoms with E-state index in [4.69, 9.17) is 9.47 Å². The number of methoxy groups -OCH3 is 2. The fraction of sp³-hybridized carbons (Fsp3) is 0.556. The van der Waals surface area contributed by atoms with Crippen molar-refractivity contribution in [3.05, 3.63) is 30.3 Å². The summed E-state index contributed by atoms with van der Waals surface area (Å²) in [5, 5.41) is 1.28. The van der Waals surface area contributed by atoms with Crippen LogP contribution in [0.25, 0.3) is 0 Å². The molecule has 0 heterocycles. The summed E-state index contributed by atoms with van der Waals surface area (Å²) in [7, 11) is 0.722. The topological polar surface area (TPSA) is 52.6 Å². The second-order valence-electron chi connectivity index (χ2n) is 6.77. The standard InChI is InChI=1S/C18H28O4Si/c1-13(2)17(15(18(20)22-4)12-16(19)21-3)23(5,6)14-10-8-7-9-11-14/h7-11,13,15,17H,12H2,1-6H3/t15-,17-/m0/s1. The molecule has 5 heteroatoms. The highest BCUT2D eigenvalue weighted by Crippen LogP contribution is 2.39. The van der Waals surface area contributed by atoms with Crippen molar-refractivity contribution in [3.63, 3.8) is 0 Å². The molecule has 0 aliphatic heterocycles. The van der Waals surface area contributed by atoms with E-state index in [1.807, 2.05) is 18.2 Å². The Hall–Kier alpha value is -1.62. The van der Waals surface area contributed by atoms with Crippen molar-refractivity contribution in [3.8, 4) is 0 Å². The third kappa shape index (κ3) is 4.67. The minimum atomic E-state index is -2.00. The molecule has 128 valence electrons. The SMILES string of the molecule is COC(=O)C[C@H](C(=O)OC)[C@H](C(C)C)[Si](C)(C)c1ccccc1. The molecule has 0 radical (unpaired) electrons. The molecule has 1 aromatic carbocycles. The second-order valence-corrected chi connectivity index (χ2v) is 11.5. The highest BCUT2D eigenvalue weighted by atomic mass is 28.3. The summed E-state index contributed by atoms with van der Waals surface area (Å²) in [6, 6.07) is 10.3. The van der Waals surface area contributed by atoms with Crippen molar-refractivity contribution in [1.29, 1.82) is 0 Å². The van der Waals surface area contributed by atoms with E-state index in [1.165, 1.54) is 19.4 Å². The first-order chi connectivity index (χ1) is 10.8. The van der Waals surface area contributed by atoms with Crippen molar-refractivity contribution in [2.24, 2.45) is 11.8 Å². The molecule has 0 spiro atoms. The van der Waals surface area contributed by atoms with Crippen LogP contribution in [-0.2, 0) is 19.1 Å². The molecule has 0 unspecified atom stereocenters. The van der Waals surface area contributed by atoms with Gasteiger partial charge in [-0.15, -0.1) is 0 Å². The van der Waals surface area contributed by atoms with E-state index in [-0.39, 0.29) is 29.8 Å². The van der Waals surface area contributed by atoms with Crippen molar-refractivity contribution in [2.45, 2.75) is 38.9 Å². The van der Waals surface area contributed by atoms with E-state index in [2.05, 4.69) is 39.1 Å². The normalized spacial score (nSPS) is 14.2. The summed E-state index contributed by atoms with van der Waals surface area (Å²) in [6.45, 7) is 8.71. The van der Waals surface area contributed by atoms with Gasteiger partial charge in [-0.2, -0.15) is 0 Å². The van der Waals surface area contributed by atoms with Crippen LogP contribution in [0.2, 0.25) is 18.6 Å². The molecule has 0 N–H and O–H groups in total. The van der Waals surface area contributed by atoms with Crippen LogP contribution in [0, 0.1) is 11.8 Å². The van der Waals surface area contributed by atoms with Gasteiger partial charge >= 0.3 is 11.9 Å². The van der Waals surface area contributed by atoms with Gasteiger partial charge in [0.25, 0.3) is 0 Å². The first kappa shape index (κ1) is 19.4. The van der Waals surface area contributed by atoms with Crippen LogP contribution < -0.4 is 5.19 Å². The van der Waals surface area contributed by atoms with Gasteiger partial charge < -0.3 is 9.47 Å². The molecule has 4 nitrogen and oxygen atoms in total. The predicted octanol–water partition coefficient (Wildman–Crippen LogP) is 2.98. The molecule has 0 aromatic heterocycles. The Balaban J connectivity index is 3.29. The van der Waals surface area contributed by atoms with Crippen LogP contribution in [0.1, 0.15) is 20.3 Å². The molecule has 0 aliphatic rings.